The van der Waals surface area contributed by atoms with Crippen molar-refractivity contribution >= 4 is 40.9 Å². The highest BCUT2D eigenvalue weighted by Crippen LogP contribution is 2.21. The minimum atomic E-state index is -1.10. The third-order valence-electron chi connectivity index (χ3n) is 3.88. The molecule has 0 amide bonds. The molecule has 8 heteroatoms. The Balaban J connectivity index is 2.24. The molecule has 0 aliphatic carbocycles. The molecular formula is C18H17Cl2NO5. The summed E-state index contributed by atoms with van der Waals surface area (Å²) in [4.78, 5) is 36.3. The van der Waals surface area contributed by atoms with Gasteiger partial charge in [0.25, 0.3) is 0 Å². The Morgan fingerprint density at radius 2 is 1.54 bits per heavy atom. The van der Waals surface area contributed by atoms with Gasteiger partial charge in [-0.1, -0.05) is 23.2 Å². The van der Waals surface area contributed by atoms with Crippen molar-refractivity contribution in [2.75, 3.05) is 14.2 Å². The van der Waals surface area contributed by atoms with Crippen molar-refractivity contribution in [1.82, 2.24) is 4.57 Å². The van der Waals surface area contributed by atoms with E-state index in [2.05, 4.69) is 9.47 Å². The summed E-state index contributed by atoms with van der Waals surface area (Å²) in [5.74, 6) is -2.75. The van der Waals surface area contributed by atoms with Gasteiger partial charge in [0.05, 0.1) is 19.9 Å². The van der Waals surface area contributed by atoms with E-state index in [0.717, 1.165) is 0 Å². The predicted octanol–water partition coefficient (Wildman–Crippen LogP) is 3.38. The van der Waals surface area contributed by atoms with Crippen molar-refractivity contribution in [3.8, 4) is 0 Å². The zero-order valence-corrected chi connectivity index (χ0v) is 15.7. The molecule has 0 N–H and O–H groups in total. The van der Waals surface area contributed by atoms with Crippen LogP contribution in [0.2, 0.25) is 10.2 Å². The van der Waals surface area contributed by atoms with Gasteiger partial charge in [0, 0.05) is 17.1 Å². The summed E-state index contributed by atoms with van der Waals surface area (Å²) in [6.07, 6.45) is 0.0780. The van der Waals surface area contributed by atoms with Gasteiger partial charge in [0.1, 0.15) is 5.15 Å². The number of carbonyl (C=O) groups excluding carboxylic acids is 3. The van der Waals surface area contributed by atoms with Crippen molar-refractivity contribution in [3.05, 3.63) is 57.8 Å². The summed E-state index contributed by atoms with van der Waals surface area (Å²) in [5.41, 5.74) is 0.786. The Bertz CT molecular complexity index is 797. The predicted molar refractivity (Wildman–Crippen MR) is 96.5 cm³/mol. The van der Waals surface area contributed by atoms with Crippen LogP contribution < -0.4 is 0 Å². The molecule has 1 aromatic heterocycles. The van der Waals surface area contributed by atoms with Crippen LogP contribution in [-0.4, -0.2) is 36.5 Å². The van der Waals surface area contributed by atoms with E-state index in [1.165, 1.54) is 18.8 Å². The summed E-state index contributed by atoms with van der Waals surface area (Å²) in [6.45, 7) is 0.162. The average molecular weight is 398 g/mol. The highest BCUT2D eigenvalue weighted by molar-refractivity contribution is 6.31. The minimum Gasteiger partial charge on any atom is -0.468 e. The van der Waals surface area contributed by atoms with Crippen molar-refractivity contribution in [3.63, 3.8) is 0 Å². The Hall–Kier alpha value is -2.31. The SMILES string of the molecule is COC(=O)C(CCn1c(Cl)ccc1C(=O)c1ccc(Cl)cc1)C(=O)OC. The fourth-order valence-electron chi connectivity index (χ4n) is 2.49. The molecule has 0 spiro atoms. The third kappa shape index (κ3) is 4.45. The van der Waals surface area contributed by atoms with Crippen molar-refractivity contribution < 1.29 is 23.9 Å². The first kappa shape index (κ1) is 20.0. The van der Waals surface area contributed by atoms with Gasteiger partial charge in [-0.3, -0.25) is 14.4 Å². The monoisotopic (exact) mass is 397 g/mol. The van der Waals surface area contributed by atoms with E-state index < -0.39 is 17.9 Å². The number of halogens is 2. The first-order chi connectivity index (χ1) is 12.4. The molecule has 6 nitrogen and oxygen atoms in total. The summed E-state index contributed by atoms with van der Waals surface area (Å²) >= 11 is 12.0. The van der Waals surface area contributed by atoms with E-state index in [1.807, 2.05) is 0 Å². The number of esters is 2. The second-order valence-electron chi connectivity index (χ2n) is 5.42. The zero-order valence-electron chi connectivity index (χ0n) is 14.2. The van der Waals surface area contributed by atoms with Crippen LogP contribution >= 0.6 is 23.2 Å². The van der Waals surface area contributed by atoms with Crippen LogP contribution in [0.5, 0.6) is 0 Å². The molecule has 26 heavy (non-hydrogen) atoms. The molecule has 0 unspecified atom stereocenters. The lowest BCUT2D eigenvalue weighted by atomic mass is 10.1. The molecule has 0 fully saturated rings. The van der Waals surface area contributed by atoms with Gasteiger partial charge < -0.3 is 14.0 Å². The van der Waals surface area contributed by atoms with Crippen LogP contribution in [0.3, 0.4) is 0 Å². The molecule has 0 radical (unpaired) electrons. The first-order valence-electron chi connectivity index (χ1n) is 7.70. The van der Waals surface area contributed by atoms with Crippen molar-refractivity contribution in [2.24, 2.45) is 5.92 Å². The number of ketones is 1. The number of benzene rings is 1. The van der Waals surface area contributed by atoms with Gasteiger partial charge in [0.15, 0.2) is 5.92 Å². The quantitative estimate of drug-likeness (QED) is 0.406. The van der Waals surface area contributed by atoms with Crippen LogP contribution in [0.25, 0.3) is 0 Å². The van der Waals surface area contributed by atoms with Gasteiger partial charge in [-0.05, 0) is 42.8 Å². The Labute approximate surface area is 160 Å². The molecule has 0 aliphatic heterocycles. The van der Waals surface area contributed by atoms with Gasteiger partial charge >= 0.3 is 11.9 Å². The number of carbonyl (C=O) groups is 3. The number of aromatic nitrogens is 1. The van der Waals surface area contributed by atoms with Crippen LogP contribution in [0.15, 0.2) is 36.4 Å². The molecule has 2 aromatic rings. The number of rotatable bonds is 7. The van der Waals surface area contributed by atoms with E-state index >= 15 is 0 Å². The van der Waals surface area contributed by atoms with Crippen LogP contribution in [0.1, 0.15) is 22.5 Å². The maximum Gasteiger partial charge on any atom is 0.320 e. The Morgan fingerprint density at radius 1 is 0.962 bits per heavy atom. The smallest absolute Gasteiger partial charge is 0.320 e. The molecule has 1 heterocycles. The van der Waals surface area contributed by atoms with E-state index in [-0.39, 0.29) is 18.7 Å². The number of methoxy groups -OCH3 is 2. The largest absolute Gasteiger partial charge is 0.468 e. The molecule has 0 aliphatic rings. The van der Waals surface area contributed by atoms with Gasteiger partial charge in [-0.15, -0.1) is 0 Å². The summed E-state index contributed by atoms with van der Waals surface area (Å²) in [6, 6.07) is 9.63. The number of hydrogen-bond donors (Lipinski definition) is 0. The van der Waals surface area contributed by atoms with Crippen LogP contribution in [0, 0.1) is 5.92 Å². The van der Waals surface area contributed by atoms with Gasteiger partial charge in [-0.2, -0.15) is 0 Å². The summed E-state index contributed by atoms with van der Waals surface area (Å²) < 4.78 is 10.8. The maximum absolute atomic E-state index is 12.7. The zero-order chi connectivity index (χ0) is 19.3. The van der Waals surface area contributed by atoms with E-state index in [0.29, 0.717) is 21.4 Å². The Kier molecular flexibility index (Phi) is 6.83. The second-order valence-corrected chi connectivity index (χ2v) is 6.24. The molecular weight excluding hydrogens is 381 g/mol. The van der Waals surface area contributed by atoms with Gasteiger partial charge in [0.2, 0.25) is 5.78 Å². The van der Waals surface area contributed by atoms with Crippen LogP contribution in [-0.2, 0) is 25.6 Å². The fourth-order valence-corrected chi connectivity index (χ4v) is 2.86. The Morgan fingerprint density at radius 3 is 2.08 bits per heavy atom. The average Bonchev–Trinajstić information content (AvgIpc) is 3.02. The van der Waals surface area contributed by atoms with E-state index in [4.69, 9.17) is 23.2 Å². The summed E-state index contributed by atoms with van der Waals surface area (Å²) in [7, 11) is 2.38. The summed E-state index contributed by atoms with van der Waals surface area (Å²) in [5, 5.41) is 0.838. The topological polar surface area (TPSA) is 74.6 Å². The molecule has 1 aromatic carbocycles. The highest BCUT2D eigenvalue weighted by atomic mass is 35.5. The molecule has 0 bridgehead atoms. The molecule has 0 saturated heterocycles. The first-order valence-corrected chi connectivity index (χ1v) is 8.45. The highest BCUT2D eigenvalue weighted by Gasteiger charge is 2.29. The maximum atomic E-state index is 12.7. The van der Waals surface area contributed by atoms with Gasteiger partial charge in [-0.25, -0.2) is 0 Å². The lowest BCUT2D eigenvalue weighted by Crippen LogP contribution is -2.28. The minimum absolute atomic E-state index is 0.0780. The third-order valence-corrected chi connectivity index (χ3v) is 4.46. The standard InChI is InChI=1S/C18H17Cl2NO5/c1-25-17(23)13(18(24)26-2)9-10-21-14(7-8-15(21)20)16(22)11-3-5-12(19)6-4-11/h3-8,13H,9-10H2,1-2H3. The molecule has 2 rings (SSSR count). The van der Waals surface area contributed by atoms with E-state index in [9.17, 15) is 14.4 Å². The second kappa shape index (κ2) is 8.87. The fraction of sp³-hybridized carbons (Fsp3) is 0.278. The number of hydrogen-bond acceptors (Lipinski definition) is 5. The normalized spacial score (nSPS) is 10.7. The van der Waals surface area contributed by atoms with E-state index in [1.54, 1.807) is 36.4 Å². The van der Waals surface area contributed by atoms with Crippen molar-refractivity contribution in [2.45, 2.75) is 13.0 Å². The molecule has 0 saturated carbocycles. The molecule has 138 valence electrons. The lowest BCUT2D eigenvalue weighted by Gasteiger charge is -2.15. The van der Waals surface area contributed by atoms with Crippen LogP contribution in [0.4, 0.5) is 0 Å². The van der Waals surface area contributed by atoms with Crippen molar-refractivity contribution in [1.29, 1.82) is 0 Å². The number of ether oxygens (including phenoxy) is 2. The molecule has 0 atom stereocenters. The number of nitrogens with zero attached hydrogens (tertiary/aromatic N) is 1. The lowest BCUT2D eigenvalue weighted by molar-refractivity contribution is -0.159.